The third-order valence-electron chi connectivity index (χ3n) is 3.82. The van der Waals surface area contributed by atoms with Gasteiger partial charge in [0, 0.05) is 0 Å². The van der Waals surface area contributed by atoms with Crippen molar-refractivity contribution in [1.29, 1.82) is 0 Å². The zero-order valence-electron chi connectivity index (χ0n) is 13.9. The second-order valence-corrected chi connectivity index (χ2v) is 5.76. The van der Waals surface area contributed by atoms with E-state index in [1.165, 1.54) is 4.57 Å². The number of para-hydroxylation sites is 2. The van der Waals surface area contributed by atoms with E-state index in [1.807, 2.05) is 55.5 Å². The Balaban J connectivity index is 2.20. The molecule has 0 aliphatic rings. The van der Waals surface area contributed by atoms with Crippen LogP contribution >= 0.6 is 0 Å². The number of azo groups is 1. The summed E-state index contributed by atoms with van der Waals surface area (Å²) in [6.07, 6.45) is 1.99. The highest BCUT2D eigenvalue weighted by Gasteiger charge is 2.12. The normalized spacial score (nSPS) is 12.8. The van der Waals surface area contributed by atoms with Crippen molar-refractivity contribution in [2.45, 2.75) is 32.7 Å². The number of rotatable bonds is 5. The highest BCUT2D eigenvalue weighted by atomic mass is 16.1. The minimum atomic E-state index is -0.135. The largest absolute Gasteiger partial charge is 0.268 e. The van der Waals surface area contributed by atoms with Gasteiger partial charge in [-0.2, -0.15) is 5.11 Å². The fourth-order valence-corrected chi connectivity index (χ4v) is 2.62. The number of hydrogen-bond acceptors (Lipinski definition) is 4. The van der Waals surface area contributed by atoms with Gasteiger partial charge in [0.25, 0.3) is 11.5 Å². The second-order valence-electron chi connectivity index (χ2n) is 5.76. The van der Waals surface area contributed by atoms with Crippen LogP contribution in [0, 0.1) is 0 Å². The lowest BCUT2D eigenvalue weighted by Gasteiger charge is -2.10. The summed E-state index contributed by atoms with van der Waals surface area (Å²) in [5, 5.41) is 9.18. The van der Waals surface area contributed by atoms with Gasteiger partial charge in [0.2, 0.25) is 0 Å². The van der Waals surface area contributed by atoms with Gasteiger partial charge in [-0.15, -0.1) is 5.11 Å². The van der Waals surface area contributed by atoms with Crippen molar-refractivity contribution in [1.82, 2.24) is 9.55 Å². The number of fused-ring (bicyclic) bond motifs is 1. The minimum absolute atomic E-state index is 0.0996. The quantitative estimate of drug-likeness (QED) is 0.642. The number of hydrogen-bond donors (Lipinski definition) is 0. The topological polar surface area (TPSA) is 59.6 Å². The molecule has 0 bridgehead atoms. The van der Waals surface area contributed by atoms with E-state index in [4.69, 9.17) is 0 Å². The SMILES string of the molecule is CCCC(C)N=Nc1nc2ccccc2c(=O)n1-c1ccccc1. The minimum Gasteiger partial charge on any atom is -0.268 e. The van der Waals surface area contributed by atoms with Crippen LogP contribution in [0.5, 0.6) is 0 Å². The zero-order chi connectivity index (χ0) is 16.9. The monoisotopic (exact) mass is 320 g/mol. The van der Waals surface area contributed by atoms with Gasteiger partial charge in [0.15, 0.2) is 0 Å². The summed E-state index contributed by atoms with van der Waals surface area (Å²) in [5.41, 5.74) is 1.23. The second kappa shape index (κ2) is 7.17. The van der Waals surface area contributed by atoms with Crippen LogP contribution in [-0.2, 0) is 0 Å². The molecule has 1 heterocycles. The van der Waals surface area contributed by atoms with Crippen LogP contribution in [0.3, 0.4) is 0 Å². The van der Waals surface area contributed by atoms with E-state index in [9.17, 15) is 4.79 Å². The average molecular weight is 320 g/mol. The first-order valence-corrected chi connectivity index (χ1v) is 8.18. The Morgan fingerprint density at radius 1 is 1.08 bits per heavy atom. The van der Waals surface area contributed by atoms with Crippen LogP contribution in [0.4, 0.5) is 5.95 Å². The summed E-state index contributed by atoms with van der Waals surface area (Å²) in [6, 6.07) is 16.8. The molecule has 0 aliphatic carbocycles. The van der Waals surface area contributed by atoms with E-state index in [0.717, 1.165) is 18.5 Å². The third kappa shape index (κ3) is 3.25. The number of nitrogens with zero attached hydrogens (tertiary/aromatic N) is 4. The molecule has 1 atom stereocenters. The Bertz CT molecular complexity index is 916. The van der Waals surface area contributed by atoms with E-state index in [-0.39, 0.29) is 11.6 Å². The molecule has 1 unspecified atom stereocenters. The molecule has 0 aliphatic heterocycles. The van der Waals surface area contributed by atoms with Gasteiger partial charge in [-0.1, -0.05) is 43.7 Å². The number of benzene rings is 2. The van der Waals surface area contributed by atoms with Crippen LogP contribution < -0.4 is 5.56 Å². The molecule has 24 heavy (non-hydrogen) atoms. The molecule has 5 nitrogen and oxygen atoms in total. The van der Waals surface area contributed by atoms with E-state index in [1.54, 1.807) is 6.07 Å². The third-order valence-corrected chi connectivity index (χ3v) is 3.82. The lowest BCUT2D eigenvalue weighted by molar-refractivity contribution is 0.624. The maximum absolute atomic E-state index is 12.9. The van der Waals surface area contributed by atoms with Crippen molar-refractivity contribution in [2.75, 3.05) is 0 Å². The smallest absolute Gasteiger partial charge is 0.267 e. The Labute approximate surface area is 140 Å². The predicted molar refractivity (Wildman–Crippen MR) is 96.2 cm³/mol. The van der Waals surface area contributed by atoms with Gasteiger partial charge in [0.05, 0.1) is 22.6 Å². The van der Waals surface area contributed by atoms with Gasteiger partial charge >= 0.3 is 0 Å². The molecule has 0 radical (unpaired) electrons. The first-order valence-electron chi connectivity index (χ1n) is 8.18. The molecule has 3 rings (SSSR count). The first-order chi connectivity index (χ1) is 11.7. The van der Waals surface area contributed by atoms with E-state index in [0.29, 0.717) is 16.9 Å². The molecular weight excluding hydrogens is 300 g/mol. The zero-order valence-corrected chi connectivity index (χ0v) is 13.9. The summed E-state index contributed by atoms with van der Waals surface area (Å²) < 4.78 is 1.52. The summed E-state index contributed by atoms with van der Waals surface area (Å²) in [7, 11) is 0. The van der Waals surface area contributed by atoms with E-state index < -0.39 is 0 Å². The number of aromatic nitrogens is 2. The van der Waals surface area contributed by atoms with E-state index in [2.05, 4.69) is 22.1 Å². The summed E-state index contributed by atoms with van der Waals surface area (Å²) >= 11 is 0. The molecule has 0 fully saturated rings. The van der Waals surface area contributed by atoms with Crippen LogP contribution in [0.15, 0.2) is 69.6 Å². The van der Waals surface area contributed by atoms with Gasteiger partial charge in [-0.3, -0.25) is 4.79 Å². The molecule has 5 heteroatoms. The lowest BCUT2D eigenvalue weighted by Crippen LogP contribution is -2.19. The van der Waals surface area contributed by atoms with Crippen LogP contribution in [0.1, 0.15) is 26.7 Å². The van der Waals surface area contributed by atoms with Gasteiger partial charge < -0.3 is 0 Å². The lowest BCUT2D eigenvalue weighted by atomic mass is 10.2. The molecule has 0 saturated carbocycles. The van der Waals surface area contributed by atoms with Gasteiger partial charge in [-0.25, -0.2) is 9.55 Å². The first kappa shape index (κ1) is 16.1. The molecule has 3 aromatic rings. The van der Waals surface area contributed by atoms with Crippen molar-refractivity contribution in [3.05, 3.63) is 65.0 Å². The van der Waals surface area contributed by atoms with Crippen molar-refractivity contribution in [3.63, 3.8) is 0 Å². The summed E-state index contributed by atoms with van der Waals surface area (Å²) in [6.45, 7) is 4.12. The Hall–Kier alpha value is -2.82. The van der Waals surface area contributed by atoms with Crippen molar-refractivity contribution >= 4 is 16.9 Å². The highest BCUT2D eigenvalue weighted by molar-refractivity contribution is 5.78. The molecule has 2 aromatic carbocycles. The summed E-state index contributed by atoms with van der Waals surface area (Å²) in [4.78, 5) is 17.5. The fraction of sp³-hybridized carbons (Fsp3) is 0.263. The van der Waals surface area contributed by atoms with Crippen LogP contribution in [-0.4, -0.2) is 15.6 Å². The van der Waals surface area contributed by atoms with Crippen molar-refractivity contribution < 1.29 is 0 Å². The van der Waals surface area contributed by atoms with Crippen molar-refractivity contribution in [3.8, 4) is 5.69 Å². The maximum Gasteiger partial charge on any atom is 0.267 e. The highest BCUT2D eigenvalue weighted by Crippen LogP contribution is 2.19. The van der Waals surface area contributed by atoms with Crippen LogP contribution in [0.25, 0.3) is 16.6 Å². The molecule has 0 N–H and O–H groups in total. The standard InChI is InChI=1S/C19H20N4O/c1-3-9-14(2)21-22-19-20-17-13-8-7-12-16(17)18(24)23(19)15-10-5-4-6-11-15/h4-8,10-14H,3,9H2,1-2H3. The molecule has 0 saturated heterocycles. The molecular formula is C19H20N4O. The van der Waals surface area contributed by atoms with Crippen molar-refractivity contribution in [2.24, 2.45) is 10.2 Å². The summed E-state index contributed by atoms with van der Waals surface area (Å²) in [5.74, 6) is 0.313. The molecule has 122 valence electrons. The van der Waals surface area contributed by atoms with Crippen LogP contribution in [0.2, 0.25) is 0 Å². The Morgan fingerprint density at radius 2 is 1.79 bits per heavy atom. The Morgan fingerprint density at radius 3 is 2.54 bits per heavy atom. The Kier molecular flexibility index (Phi) is 4.79. The van der Waals surface area contributed by atoms with Gasteiger partial charge in [0.1, 0.15) is 0 Å². The average Bonchev–Trinajstić information content (AvgIpc) is 2.61. The van der Waals surface area contributed by atoms with Gasteiger partial charge in [-0.05, 0) is 37.6 Å². The predicted octanol–water partition coefficient (Wildman–Crippen LogP) is 4.66. The molecule has 1 aromatic heterocycles. The maximum atomic E-state index is 12.9. The molecule has 0 amide bonds. The fourth-order valence-electron chi connectivity index (χ4n) is 2.62. The molecule has 0 spiro atoms. The van der Waals surface area contributed by atoms with E-state index >= 15 is 0 Å².